The highest BCUT2D eigenvalue weighted by atomic mass is 19.3. The number of methoxy groups -OCH3 is 1. The Morgan fingerprint density at radius 3 is 2.79 bits per heavy atom. The maximum Gasteiger partial charge on any atom is 0.341 e. The van der Waals surface area contributed by atoms with Gasteiger partial charge in [0.15, 0.2) is 0 Å². The fourth-order valence-electron chi connectivity index (χ4n) is 4.51. The van der Waals surface area contributed by atoms with E-state index in [2.05, 4.69) is 14.9 Å². The lowest BCUT2D eigenvalue weighted by molar-refractivity contribution is 0.0231. The summed E-state index contributed by atoms with van der Waals surface area (Å²) in [5, 5.41) is 20.3. The van der Waals surface area contributed by atoms with Gasteiger partial charge in [-0.05, 0) is 36.8 Å². The number of nitrogens with zero attached hydrogens (tertiary/aromatic N) is 3. The van der Waals surface area contributed by atoms with E-state index in [4.69, 9.17) is 4.74 Å². The van der Waals surface area contributed by atoms with Crippen LogP contribution in [-0.4, -0.2) is 75.7 Å². The minimum atomic E-state index is -2.47. The van der Waals surface area contributed by atoms with Gasteiger partial charge in [0.1, 0.15) is 11.3 Å². The molecule has 33 heavy (non-hydrogen) atoms. The maximum atomic E-state index is 13.1. The lowest BCUT2D eigenvalue weighted by Crippen LogP contribution is -2.49. The van der Waals surface area contributed by atoms with Crippen molar-refractivity contribution in [3.8, 4) is 11.6 Å². The summed E-state index contributed by atoms with van der Waals surface area (Å²) in [5.41, 5.74) is 3.12. The SMILES string of the molecule is COc1cc(C)c2[nH]ccc2c1CN1CCN(CC(F)F)CC1c1ccc(C(=O)O)c(O)n1. The molecule has 176 valence electrons. The molecule has 0 spiro atoms. The lowest BCUT2D eigenvalue weighted by atomic mass is 10.0. The summed E-state index contributed by atoms with van der Waals surface area (Å²) < 4.78 is 31.8. The first-order valence-electron chi connectivity index (χ1n) is 10.6. The molecule has 1 atom stereocenters. The number of H-pyrrole nitrogens is 1. The van der Waals surface area contributed by atoms with E-state index in [9.17, 15) is 23.8 Å². The van der Waals surface area contributed by atoms with Gasteiger partial charge < -0.3 is 19.9 Å². The Bertz CT molecular complexity index is 1170. The Labute approximate surface area is 189 Å². The predicted molar refractivity (Wildman–Crippen MR) is 118 cm³/mol. The number of pyridine rings is 1. The number of carboxylic acid groups (broad SMARTS) is 1. The molecule has 4 rings (SSSR count). The van der Waals surface area contributed by atoms with E-state index in [0.29, 0.717) is 25.3 Å². The molecule has 1 aliphatic heterocycles. The number of halogens is 2. The fraction of sp³-hybridized carbons (Fsp3) is 0.391. The van der Waals surface area contributed by atoms with Gasteiger partial charge in [-0.1, -0.05) is 0 Å². The standard InChI is InChI=1S/C23H26F2N4O4/c1-13-9-19(33-2)16(14-5-6-26-21(13)14)10-29-8-7-28(12-20(24)25)11-18(29)17-4-3-15(23(31)32)22(30)27-17/h3-6,9,18,20,26H,7-8,10-12H2,1-2H3,(H,27,30)(H,31,32). The fourth-order valence-corrected chi connectivity index (χ4v) is 4.51. The first-order chi connectivity index (χ1) is 15.8. The third-order valence-electron chi connectivity index (χ3n) is 6.13. The Kier molecular flexibility index (Phi) is 6.48. The average Bonchev–Trinajstić information content (AvgIpc) is 3.26. The number of aromatic nitrogens is 2. The van der Waals surface area contributed by atoms with Crippen molar-refractivity contribution in [2.45, 2.75) is 25.9 Å². The van der Waals surface area contributed by atoms with Crippen molar-refractivity contribution in [3.05, 3.63) is 52.8 Å². The van der Waals surface area contributed by atoms with E-state index in [1.54, 1.807) is 12.0 Å². The quantitative estimate of drug-likeness (QED) is 0.497. The summed E-state index contributed by atoms with van der Waals surface area (Å²) >= 11 is 0. The van der Waals surface area contributed by atoms with E-state index in [1.807, 2.05) is 25.3 Å². The van der Waals surface area contributed by atoms with Gasteiger partial charge in [0.2, 0.25) is 5.88 Å². The van der Waals surface area contributed by atoms with Crippen molar-refractivity contribution in [1.82, 2.24) is 19.8 Å². The number of fused-ring (bicyclic) bond motifs is 1. The number of nitrogens with one attached hydrogen (secondary N) is 1. The number of piperazine rings is 1. The summed E-state index contributed by atoms with van der Waals surface area (Å²) in [6.45, 7) is 3.31. The summed E-state index contributed by atoms with van der Waals surface area (Å²) in [7, 11) is 1.61. The lowest BCUT2D eigenvalue weighted by Gasteiger charge is -2.41. The number of hydrogen-bond acceptors (Lipinski definition) is 6. The van der Waals surface area contributed by atoms with Crippen LogP contribution in [0.1, 0.15) is 33.2 Å². The molecule has 0 radical (unpaired) electrons. The molecule has 2 aromatic heterocycles. The molecule has 0 aliphatic carbocycles. The van der Waals surface area contributed by atoms with E-state index >= 15 is 0 Å². The van der Waals surface area contributed by atoms with Crippen LogP contribution in [0.25, 0.3) is 10.9 Å². The topological polar surface area (TPSA) is 102 Å². The van der Waals surface area contributed by atoms with Crippen LogP contribution in [-0.2, 0) is 6.54 Å². The second-order valence-corrected chi connectivity index (χ2v) is 8.19. The monoisotopic (exact) mass is 460 g/mol. The van der Waals surface area contributed by atoms with Crippen molar-refractivity contribution in [3.63, 3.8) is 0 Å². The number of benzene rings is 1. The van der Waals surface area contributed by atoms with E-state index < -0.39 is 24.3 Å². The first kappa shape index (κ1) is 22.9. The number of hydrogen-bond donors (Lipinski definition) is 3. The largest absolute Gasteiger partial charge is 0.496 e. The zero-order chi connectivity index (χ0) is 23.7. The normalized spacial score (nSPS) is 17.7. The molecule has 1 unspecified atom stereocenters. The molecule has 10 heteroatoms. The van der Waals surface area contributed by atoms with Crippen molar-refractivity contribution >= 4 is 16.9 Å². The van der Waals surface area contributed by atoms with Crippen molar-refractivity contribution in [2.75, 3.05) is 33.3 Å². The van der Waals surface area contributed by atoms with Crippen LogP contribution < -0.4 is 4.74 Å². The van der Waals surface area contributed by atoms with Gasteiger partial charge in [-0.3, -0.25) is 9.80 Å². The van der Waals surface area contributed by atoms with Crippen LogP contribution in [0.5, 0.6) is 11.6 Å². The van der Waals surface area contributed by atoms with E-state index in [1.165, 1.54) is 12.1 Å². The highest BCUT2D eigenvalue weighted by molar-refractivity contribution is 5.90. The van der Waals surface area contributed by atoms with Crippen LogP contribution in [0, 0.1) is 6.92 Å². The number of ether oxygens (including phenoxy) is 1. The van der Waals surface area contributed by atoms with Crippen LogP contribution >= 0.6 is 0 Å². The number of carboxylic acids is 1. The third kappa shape index (κ3) is 4.62. The van der Waals surface area contributed by atoms with Crippen LogP contribution in [0.15, 0.2) is 30.5 Å². The van der Waals surface area contributed by atoms with Crippen molar-refractivity contribution < 1.29 is 28.5 Å². The second-order valence-electron chi connectivity index (χ2n) is 8.19. The molecule has 1 fully saturated rings. The maximum absolute atomic E-state index is 13.1. The van der Waals surface area contributed by atoms with Gasteiger partial charge in [0.05, 0.1) is 25.4 Å². The van der Waals surface area contributed by atoms with Crippen LogP contribution in [0.4, 0.5) is 8.78 Å². The van der Waals surface area contributed by atoms with Gasteiger partial charge in [0, 0.05) is 48.8 Å². The molecule has 3 aromatic rings. The number of alkyl halides is 2. The predicted octanol–water partition coefficient (Wildman–Crippen LogP) is 3.41. The molecule has 3 heterocycles. The Morgan fingerprint density at radius 2 is 2.12 bits per heavy atom. The van der Waals surface area contributed by atoms with Gasteiger partial charge in [0.25, 0.3) is 6.43 Å². The molecule has 3 N–H and O–H groups in total. The van der Waals surface area contributed by atoms with Gasteiger partial charge >= 0.3 is 5.97 Å². The number of aromatic amines is 1. The van der Waals surface area contributed by atoms with Gasteiger partial charge in [-0.2, -0.15) is 0 Å². The van der Waals surface area contributed by atoms with Gasteiger partial charge in [-0.25, -0.2) is 18.6 Å². The number of rotatable bonds is 7. The summed E-state index contributed by atoms with van der Waals surface area (Å²) in [6.07, 6.45) is -0.604. The van der Waals surface area contributed by atoms with Gasteiger partial charge in [-0.15, -0.1) is 0 Å². The highest BCUT2D eigenvalue weighted by Crippen LogP contribution is 2.35. The minimum absolute atomic E-state index is 0.271. The summed E-state index contributed by atoms with van der Waals surface area (Å²) in [6, 6.07) is 6.34. The van der Waals surface area contributed by atoms with Crippen LogP contribution in [0.2, 0.25) is 0 Å². The third-order valence-corrected chi connectivity index (χ3v) is 6.13. The molecule has 0 saturated carbocycles. The van der Waals surface area contributed by atoms with E-state index in [0.717, 1.165) is 27.8 Å². The zero-order valence-electron chi connectivity index (χ0n) is 18.4. The molecular formula is C23H26F2N4O4. The molecular weight excluding hydrogens is 434 g/mol. The minimum Gasteiger partial charge on any atom is -0.496 e. The Balaban J connectivity index is 1.71. The van der Waals surface area contributed by atoms with Crippen LogP contribution in [0.3, 0.4) is 0 Å². The number of aromatic carboxylic acids is 1. The first-order valence-corrected chi connectivity index (χ1v) is 10.6. The molecule has 1 aromatic carbocycles. The molecule has 0 bridgehead atoms. The summed E-state index contributed by atoms with van der Waals surface area (Å²) in [4.78, 5) is 22.4. The van der Waals surface area contributed by atoms with Crippen molar-refractivity contribution in [2.24, 2.45) is 0 Å². The zero-order valence-corrected chi connectivity index (χ0v) is 18.4. The molecule has 0 amide bonds. The Hall–Kier alpha value is -3.24. The number of aryl methyl sites for hydroxylation is 1. The van der Waals surface area contributed by atoms with E-state index in [-0.39, 0.29) is 18.7 Å². The second kappa shape index (κ2) is 9.32. The average molecular weight is 460 g/mol. The summed E-state index contributed by atoms with van der Waals surface area (Å²) in [5.74, 6) is -1.15. The van der Waals surface area contributed by atoms with Crippen molar-refractivity contribution in [1.29, 1.82) is 0 Å². The Morgan fingerprint density at radius 1 is 1.33 bits per heavy atom. The smallest absolute Gasteiger partial charge is 0.341 e. The highest BCUT2D eigenvalue weighted by Gasteiger charge is 2.32. The molecule has 8 nitrogen and oxygen atoms in total. The number of aromatic hydroxyl groups is 1. The number of carbonyl (C=O) groups is 1. The molecule has 1 aliphatic rings. The molecule has 1 saturated heterocycles.